The van der Waals surface area contributed by atoms with Crippen molar-refractivity contribution in [3.63, 3.8) is 0 Å². The lowest BCUT2D eigenvalue weighted by Gasteiger charge is -2.22. The van der Waals surface area contributed by atoms with Crippen LogP contribution in [0.25, 0.3) is 0 Å². The van der Waals surface area contributed by atoms with Crippen LogP contribution in [-0.2, 0) is 12.8 Å². The van der Waals surface area contributed by atoms with Crippen molar-refractivity contribution < 1.29 is 0 Å². The number of nitrogens with one attached hydrogen (secondary N) is 1. The number of thiophene rings is 1. The molecule has 0 saturated carbocycles. The SMILES string of the molecule is CCNC(c1cc(CC)ccc1CC)c1cc(Br)sc1Br. The summed E-state index contributed by atoms with van der Waals surface area (Å²) in [5.74, 6) is 0. The van der Waals surface area contributed by atoms with Crippen molar-refractivity contribution >= 4 is 43.2 Å². The van der Waals surface area contributed by atoms with Crippen molar-refractivity contribution in [3.05, 3.63) is 54.1 Å². The molecule has 4 heteroatoms. The first-order chi connectivity index (χ1) is 10.1. The highest BCUT2D eigenvalue weighted by Crippen LogP contribution is 2.39. The molecule has 0 aliphatic heterocycles. The molecular formula is C17H21Br2NS. The number of rotatable bonds is 6. The lowest BCUT2D eigenvalue weighted by molar-refractivity contribution is 0.624. The zero-order valence-electron chi connectivity index (χ0n) is 12.7. The van der Waals surface area contributed by atoms with Gasteiger partial charge < -0.3 is 5.32 Å². The smallest absolute Gasteiger partial charge is 0.0761 e. The molecule has 0 fully saturated rings. The van der Waals surface area contributed by atoms with Crippen molar-refractivity contribution in [1.29, 1.82) is 0 Å². The summed E-state index contributed by atoms with van der Waals surface area (Å²) in [5, 5.41) is 3.65. The first-order valence-corrected chi connectivity index (χ1v) is 9.80. The van der Waals surface area contributed by atoms with E-state index >= 15 is 0 Å². The molecular weight excluding hydrogens is 410 g/mol. The molecule has 0 aliphatic carbocycles. The maximum absolute atomic E-state index is 3.72. The van der Waals surface area contributed by atoms with Crippen molar-refractivity contribution in [2.75, 3.05) is 6.54 Å². The van der Waals surface area contributed by atoms with Crippen LogP contribution in [0.5, 0.6) is 0 Å². The van der Waals surface area contributed by atoms with E-state index in [4.69, 9.17) is 0 Å². The van der Waals surface area contributed by atoms with Gasteiger partial charge in [0.2, 0.25) is 0 Å². The summed E-state index contributed by atoms with van der Waals surface area (Å²) in [6.07, 6.45) is 2.13. The number of hydrogen-bond donors (Lipinski definition) is 1. The van der Waals surface area contributed by atoms with Gasteiger partial charge in [-0.2, -0.15) is 0 Å². The Morgan fingerprint density at radius 2 is 1.81 bits per heavy atom. The quantitative estimate of drug-likeness (QED) is 0.583. The minimum absolute atomic E-state index is 0.244. The zero-order valence-corrected chi connectivity index (χ0v) is 16.7. The number of hydrogen-bond acceptors (Lipinski definition) is 2. The van der Waals surface area contributed by atoms with Crippen LogP contribution < -0.4 is 5.32 Å². The second-order valence-corrected chi connectivity index (χ2v) is 8.76. The Balaban J connectivity index is 2.54. The summed E-state index contributed by atoms with van der Waals surface area (Å²) in [7, 11) is 0. The molecule has 1 heterocycles. The largest absolute Gasteiger partial charge is 0.306 e. The van der Waals surface area contributed by atoms with Crippen molar-refractivity contribution in [3.8, 4) is 0 Å². The first kappa shape index (κ1) is 17.2. The molecule has 0 aliphatic rings. The van der Waals surface area contributed by atoms with Gasteiger partial charge in [0.05, 0.1) is 13.6 Å². The van der Waals surface area contributed by atoms with Crippen molar-refractivity contribution in [2.45, 2.75) is 39.7 Å². The molecule has 1 aromatic carbocycles. The summed E-state index contributed by atoms with van der Waals surface area (Å²) in [4.78, 5) is 0. The van der Waals surface area contributed by atoms with Gasteiger partial charge in [0.15, 0.2) is 0 Å². The Bertz CT molecular complexity index is 607. The van der Waals surface area contributed by atoms with Crippen LogP contribution in [0.4, 0.5) is 0 Å². The Labute approximate surface area is 148 Å². The molecule has 1 atom stereocenters. The van der Waals surface area contributed by atoms with Gasteiger partial charge in [-0.05, 0) is 79.6 Å². The van der Waals surface area contributed by atoms with Gasteiger partial charge in [0.25, 0.3) is 0 Å². The van der Waals surface area contributed by atoms with Crippen molar-refractivity contribution in [1.82, 2.24) is 5.32 Å². The molecule has 0 radical (unpaired) electrons. The normalized spacial score (nSPS) is 12.6. The summed E-state index contributed by atoms with van der Waals surface area (Å²) in [6, 6.07) is 9.37. The van der Waals surface area contributed by atoms with Crippen LogP contribution in [0.2, 0.25) is 0 Å². The third kappa shape index (κ3) is 3.98. The summed E-state index contributed by atoms with van der Waals surface area (Å²) in [6.45, 7) is 7.55. The van der Waals surface area contributed by atoms with E-state index in [1.165, 1.54) is 26.0 Å². The highest BCUT2D eigenvalue weighted by molar-refractivity contribution is 9.12. The topological polar surface area (TPSA) is 12.0 Å². The average Bonchev–Trinajstić information content (AvgIpc) is 2.82. The van der Waals surface area contributed by atoms with Crippen LogP contribution in [-0.4, -0.2) is 6.54 Å². The minimum atomic E-state index is 0.244. The van der Waals surface area contributed by atoms with Crippen LogP contribution in [0, 0.1) is 0 Å². The molecule has 0 spiro atoms. The summed E-state index contributed by atoms with van der Waals surface area (Å²) < 4.78 is 2.36. The van der Waals surface area contributed by atoms with Gasteiger partial charge in [-0.15, -0.1) is 11.3 Å². The van der Waals surface area contributed by atoms with Crippen LogP contribution >= 0.6 is 43.2 Å². The van der Waals surface area contributed by atoms with Gasteiger partial charge in [-0.25, -0.2) is 0 Å². The molecule has 0 amide bonds. The highest BCUT2D eigenvalue weighted by atomic mass is 79.9. The van der Waals surface area contributed by atoms with Gasteiger partial charge in [-0.3, -0.25) is 0 Å². The Hall–Kier alpha value is -0.160. The van der Waals surface area contributed by atoms with E-state index in [1.807, 2.05) is 0 Å². The summed E-state index contributed by atoms with van der Waals surface area (Å²) in [5.41, 5.74) is 5.55. The lowest BCUT2D eigenvalue weighted by atomic mass is 9.92. The fourth-order valence-electron chi connectivity index (χ4n) is 2.60. The molecule has 2 aromatic rings. The predicted molar refractivity (Wildman–Crippen MR) is 100 cm³/mol. The van der Waals surface area contributed by atoms with E-state index in [0.29, 0.717) is 0 Å². The maximum atomic E-state index is 3.72. The van der Waals surface area contributed by atoms with Crippen LogP contribution in [0.15, 0.2) is 31.8 Å². The Morgan fingerprint density at radius 3 is 2.33 bits per heavy atom. The van der Waals surface area contributed by atoms with Gasteiger partial charge in [0, 0.05) is 0 Å². The lowest BCUT2D eigenvalue weighted by Crippen LogP contribution is -2.23. The zero-order chi connectivity index (χ0) is 15.4. The van der Waals surface area contributed by atoms with E-state index in [-0.39, 0.29) is 6.04 Å². The molecule has 21 heavy (non-hydrogen) atoms. The van der Waals surface area contributed by atoms with E-state index in [1.54, 1.807) is 11.3 Å². The van der Waals surface area contributed by atoms with E-state index in [2.05, 4.69) is 82.2 Å². The second kappa shape index (κ2) is 7.91. The third-order valence-corrected chi connectivity index (χ3v) is 6.10. The molecule has 1 nitrogen and oxygen atoms in total. The average molecular weight is 431 g/mol. The third-order valence-electron chi connectivity index (χ3n) is 3.71. The fraction of sp³-hybridized carbons (Fsp3) is 0.412. The molecule has 0 bridgehead atoms. The number of benzene rings is 1. The van der Waals surface area contributed by atoms with Gasteiger partial charge in [-0.1, -0.05) is 39.0 Å². The molecule has 2 rings (SSSR count). The van der Waals surface area contributed by atoms with Gasteiger partial charge in [0.1, 0.15) is 0 Å². The molecule has 1 N–H and O–H groups in total. The standard InChI is InChI=1S/C17H21Br2NS/c1-4-11-7-8-12(5-2)13(9-11)16(20-6-3)14-10-15(18)21-17(14)19/h7-10,16,20H,4-6H2,1-3H3. The first-order valence-electron chi connectivity index (χ1n) is 7.40. The molecule has 0 saturated heterocycles. The van der Waals surface area contributed by atoms with Crippen molar-refractivity contribution in [2.24, 2.45) is 0 Å². The Morgan fingerprint density at radius 1 is 1.05 bits per heavy atom. The molecule has 114 valence electrons. The number of aryl methyl sites for hydroxylation is 2. The van der Waals surface area contributed by atoms with E-state index in [0.717, 1.165) is 23.2 Å². The second-order valence-electron chi connectivity index (χ2n) is 5.01. The number of halogens is 2. The maximum Gasteiger partial charge on any atom is 0.0761 e. The summed E-state index contributed by atoms with van der Waals surface area (Å²) >= 11 is 9.05. The van der Waals surface area contributed by atoms with Crippen LogP contribution in [0.1, 0.15) is 49.1 Å². The van der Waals surface area contributed by atoms with Gasteiger partial charge >= 0.3 is 0 Å². The molecule has 1 aromatic heterocycles. The van der Waals surface area contributed by atoms with E-state index in [9.17, 15) is 0 Å². The predicted octanol–water partition coefficient (Wildman–Crippen LogP) is 6.10. The molecule has 1 unspecified atom stereocenters. The van der Waals surface area contributed by atoms with Crippen LogP contribution in [0.3, 0.4) is 0 Å². The van der Waals surface area contributed by atoms with E-state index < -0.39 is 0 Å². The minimum Gasteiger partial charge on any atom is -0.306 e. The monoisotopic (exact) mass is 429 g/mol. The highest BCUT2D eigenvalue weighted by Gasteiger charge is 2.20. The Kier molecular flexibility index (Phi) is 6.48. The fourth-order valence-corrected chi connectivity index (χ4v) is 5.50.